The molecule has 1 aliphatic heterocycles. The van der Waals surface area contributed by atoms with E-state index in [0.29, 0.717) is 17.2 Å². The fourth-order valence-corrected chi connectivity index (χ4v) is 6.10. The minimum Gasteiger partial charge on any atom is -0.343 e. The predicted octanol–water partition coefficient (Wildman–Crippen LogP) is 8.33. The Hall–Kier alpha value is -3.23. The molecule has 7 nitrogen and oxygen atoms in total. The van der Waals surface area contributed by atoms with Crippen LogP contribution in [0.5, 0.6) is 0 Å². The number of ether oxygens (including phenoxy) is 2. The van der Waals surface area contributed by atoms with Gasteiger partial charge in [-0.05, 0) is 100 Å². The number of hydrogen-bond donors (Lipinski definition) is 2. The second-order valence-electron chi connectivity index (χ2n) is 14.3. The molecule has 47 heavy (non-hydrogen) atoms. The fraction of sp³-hybridized carbons (Fsp3) is 0.576. The van der Waals surface area contributed by atoms with Crippen LogP contribution in [0.15, 0.2) is 35.1 Å². The van der Waals surface area contributed by atoms with Crippen LogP contribution in [-0.2, 0) is 34.0 Å². The standard InChI is InChI=1S/C33H41F7N4O3/c1-17-13-20(34)11-12-21(17)25-26(46-30(8,9)29(6,7)44(25)16-24-41-27(45)43-42-24)47-31(10,28(3,4)5)22-14-19(32(35,36)37)15-23(18(22)2)33(38,39)40/h11-15,25-26H,16H2,1-10H3,(H2,41,42,43,45)/t25-,26+,31-/m0/s1. The van der Waals surface area contributed by atoms with E-state index in [1.54, 1.807) is 41.5 Å². The first-order chi connectivity index (χ1) is 21.2. The molecule has 1 aliphatic rings. The fourth-order valence-electron chi connectivity index (χ4n) is 6.10. The van der Waals surface area contributed by atoms with Gasteiger partial charge in [0, 0.05) is 5.54 Å². The molecule has 4 rings (SSSR count). The molecule has 0 radical (unpaired) electrons. The predicted molar refractivity (Wildman–Crippen MR) is 161 cm³/mol. The molecule has 0 saturated carbocycles. The highest BCUT2D eigenvalue weighted by Crippen LogP contribution is 2.53. The normalized spacial score (nSPS) is 21.9. The van der Waals surface area contributed by atoms with Crippen LogP contribution < -0.4 is 5.69 Å². The summed E-state index contributed by atoms with van der Waals surface area (Å²) in [5, 5.41) is 6.39. The molecule has 2 N–H and O–H groups in total. The van der Waals surface area contributed by atoms with Crippen molar-refractivity contribution in [3.8, 4) is 0 Å². The van der Waals surface area contributed by atoms with Crippen LogP contribution in [0.1, 0.15) is 101 Å². The topological polar surface area (TPSA) is 83.2 Å². The molecule has 1 fully saturated rings. The van der Waals surface area contributed by atoms with Crippen molar-refractivity contribution in [3.63, 3.8) is 0 Å². The smallest absolute Gasteiger partial charge is 0.343 e. The number of morpholine rings is 1. The summed E-state index contributed by atoms with van der Waals surface area (Å²) in [5.41, 5.74) is -7.98. The molecule has 1 saturated heterocycles. The molecule has 2 aromatic carbocycles. The van der Waals surface area contributed by atoms with Gasteiger partial charge in [0.25, 0.3) is 0 Å². The third-order valence-electron chi connectivity index (χ3n) is 9.95. The average Bonchev–Trinajstić information content (AvgIpc) is 3.30. The molecular formula is C33H41F7N4O3. The van der Waals surface area contributed by atoms with Gasteiger partial charge in [0.1, 0.15) is 11.6 Å². The molecule has 0 bridgehead atoms. The highest BCUT2D eigenvalue weighted by atomic mass is 19.4. The van der Waals surface area contributed by atoms with Gasteiger partial charge in [-0.2, -0.15) is 31.4 Å². The average molecular weight is 675 g/mol. The quantitative estimate of drug-likeness (QED) is 0.257. The minimum atomic E-state index is -5.09. The van der Waals surface area contributed by atoms with Gasteiger partial charge in [-0.25, -0.2) is 14.3 Å². The number of benzene rings is 2. The van der Waals surface area contributed by atoms with Crippen molar-refractivity contribution in [2.24, 2.45) is 5.41 Å². The molecule has 0 unspecified atom stereocenters. The van der Waals surface area contributed by atoms with Crippen molar-refractivity contribution in [2.45, 2.75) is 117 Å². The second-order valence-corrected chi connectivity index (χ2v) is 14.3. The summed E-state index contributed by atoms with van der Waals surface area (Å²) in [6.07, 6.45) is -11.5. The summed E-state index contributed by atoms with van der Waals surface area (Å²) < 4.78 is 113. The first-order valence-corrected chi connectivity index (χ1v) is 15.0. The molecule has 0 amide bonds. The van der Waals surface area contributed by atoms with Gasteiger partial charge in [-0.15, -0.1) is 0 Å². The Bertz CT molecular complexity index is 1680. The number of aromatic nitrogens is 3. The maximum absolute atomic E-state index is 14.4. The third kappa shape index (κ3) is 6.73. The zero-order valence-corrected chi connectivity index (χ0v) is 28.0. The lowest BCUT2D eigenvalue weighted by molar-refractivity contribution is -0.347. The van der Waals surface area contributed by atoms with Gasteiger partial charge >= 0.3 is 18.0 Å². The molecule has 14 heteroatoms. The zero-order valence-electron chi connectivity index (χ0n) is 28.0. The van der Waals surface area contributed by atoms with E-state index in [1.807, 2.05) is 18.7 Å². The van der Waals surface area contributed by atoms with E-state index < -0.39 is 75.0 Å². The summed E-state index contributed by atoms with van der Waals surface area (Å²) >= 11 is 0. The van der Waals surface area contributed by atoms with E-state index in [0.717, 1.165) is 6.92 Å². The highest BCUT2D eigenvalue weighted by molar-refractivity contribution is 5.45. The molecule has 0 spiro atoms. The maximum atomic E-state index is 14.4. The van der Waals surface area contributed by atoms with Crippen molar-refractivity contribution in [1.29, 1.82) is 0 Å². The lowest BCUT2D eigenvalue weighted by atomic mass is 9.70. The number of rotatable bonds is 6. The van der Waals surface area contributed by atoms with Gasteiger partial charge in [0.05, 0.1) is 34.9 Å². The number of aryl methyl sites for hydroxylation is 1. The van der Waals surface area contributed by atoms with Crippen molar-refractivity contribution in [1.82, 2.24) is 20.1 Å². The van der Waals surface area contributed by atoms with Crippen LogP contribution in [0, 0.1) is 25.1 Å². The Balaban J connectivity index is 2.02. The van der Waals surface area contributed by atoms with E-state index in [-0.39, 0.29) is 24.0 Å². The van der Waals surface area contributed by atoms with Gasteiger partial charge < -0.3 is 9.47 Å². The van der Waals surface area contributed by atoms with Gasteiger partial charge in [-0.3, -0.25) is 9.88 Å². The highest BCUT2D eigenvalue weighted by Gasteiger charge is 2.57. The van der Waals surface area contributed by atoms with E-state index in [9.17, 15) is 35.5 Å². The van der Waals surface area contributed by atoms with Crippen LogP contribution >= 0.6 is 0 Å². The molecule has 0 aliphatic carbocycles. The van der Waals surface area contributed by atoms with E-state index in [4.69, 9.17) is 9.47 Å². The number of H-pyrrole nitrogens is 2. The van der Waals surface area contributed by atoms with E-state index in [1.165, 1.54) is 25.1 Å². The Morgan fingerprint density at radius 1 is 0.936 bits per heavy atom. The molecule has 3 atom stereocenters. The summed E-state index contributed by atoms with van der Waals surface area (Å²) in [5.74, 6) is -0.256. The van der Waals surface area contributed by atoms with Crippen LogP contribution in [0.4, 0.5) is 30.7 Å². The Labute approximate surface area is 268 Å². The Morgan fingerprint density at radius 3 is 2.02 bits per heavy atom. The van der Waals surface area contributed by atoms with E-state index in [2.05, 4.69) is 15.2 Å². The van der Waals surface area contributed by atoms with Gasteiger partial charge in [-0.1, -0.05) is 26.8 Å². The van der Waals surface area contributed by atoms with Crippen molar-refractivity contribution in [3.05, 3.63) is 85.8 Å². The lowest BCUT2D eigenvalue weighted by Crippen LogP contribution is -2.68. The number of alkyl halides is 6. The summed E-state index contributed by atoms with van der Waals surface area (Å²) in [6.45, 7) is 16.6. The van der Waals surface area contributed by atoms with Crippen LogP contribution in [0.25, 0.3) is 0 Å². The number of nitrogens with zero attached hydrogens (tertiary/aromatic N) is 2. The van der Waals surface area contributed by atoms with Crippen LogP contribution in [-0.4, -0.2) is 37.5 Å². The number of hydrogen-bond acceptors (Lipinski definition) is 5. The number of nitrogens with one attached hydrogen (secondary N) is 2. The van der Waals surface area contributed by atoms with E-state index >= 15 is 0 Å². The minimum absolute atomic E-state index is 0.0207. The summed E-state index contributed by atoms with van der Waals surface area (Å²) in [7, 11) is 0. The number of halogens is 7. The Kier molecular flexibility index (Phi) is 9.13. The Morgan fingerprint density at radius 2 is 1.53 bits per heavy atom. The monoisotopic (exact) mass is 674 g/mol. The third-order valence-corrected chi connectivity index (χ3v) is 9.95. The first-order valence-electron chi connectivity index (χ1n) is 15.0. The summed E-state index contributed by atoms with van der Waals surface area (Å²) in [4.78, 5) is 16.5. The first kappa shape index (κ1) is 36.6. The molecular weight excluding hydrogens is 633 g/mol. The molecule has 260 valence electrons. The van der Waals surface area contributed by atoms with Gasteiger partial charge in [0.15, 0.2) is 6.29 Å². The molecule has 3 aromatic rings. The number of aromatic amines is 2. The lowest BCUT2D eigenvalue weighted by Gasteiger charge is -2.60. The zero-order chi connectivity index (χ0) is 35.7. The SMILES string of the molecule is Cc1cc(F)ccc1[C@H]1[C@@H](O[C@@](C)(c2cc(C(F)(F)F)cc(C(F)(F)F)c2C)C(C)(C)C)OC(C)(C)C(C)(C)N1Cc1n[nH]c(=O)[nH]1. The van der Waals surface area contributed by atoms with Crippen molar-refractivity contribution in [2.75, 3.05) is 0 Å². The van der Waals surface area contributed by atoms with Crippen LogP contribution in [0.2, 0.25) is 0 Å². The van der Waals surface area contributed by atoms with Crippen molar-refractivity contribution >= 4 is 0 Å². The van der Waals surface area contributed by atoms with Crippen LogP contribution in [0.3, 0.4) is 0 Å². The van der Waals surface area contributed by atoms with Crippen molar-refractivity contribution < 1.29 is 40.2 Å². The summed E-state index contributed by atoms with van der Waals surface area (Å²) in [6, 6.07) is 4.00. The largest absolute Gasteiger partial charge is 0.416 e. The second kappa shape index (κ2) is 11.7. The molecule has 1 aromatic heterocycles. The van der Waals surface area contributed by atoms with Gasteiger partial charge in [0.2, 0.25) is 0 Å². The maximum Gasteiger partial charge on any atom is 0.416 e. The molecule has 2 heterocycles.